The van der Waals surface area contributed by atoms with Crippen LogP contribution in [0.15, 0.2) is 41.3 Å². The van der Waals surface area contributed by atoms with Gasteiger partial charge in [0.05, 0.1) is 16.6 Å². The van der Waals surface area contributed by atoms with Crippen LogP contribution in [0.2, 0.25) is 5.15 Å². The number of rotatable bonds is 4. The van der Waals surface area contributed by atoms with E-state index in [1.807, 2.05) is 0 Å². The van der Waals surface area contributed by atoms with Crippen LogP contribution in [0.3, 0.4) is 0 Å². The maximum atomic E-state index is 11.9. The van der Waals surface area contributed by atoms with E-state index in [4.69, 9.17) is 16.3 Å². The number of carbonyl (C=O) groups is 2. The Balaban J connectivity index is 1.61. The highest BCUT2D eigenvalue weighted by atomic mass is 35.5. The van der Waals surface area contributed by atoms with Crippen molar-refractivity contribution in [3.05, 3.63) is 57.7 Å². The van der Waals surface area contributed by atoms with Gasteiger partial charge < -0.3 is 20.0 Å². The Morgan fingerprint density at radius 2 is 2.00 bits per heavy atom. The second kappa shape index (κ2) is 6.55. The van der Waals surface area contributed by atoms with Gasteiger partial charge in [0, 0.05) is 11.9 Å². The van der Waals surface area contributed by atoms with Gasteiger partial charge in [-0.25, -0.2) is 14.6 Å². The van der Waals surface area contributed by atoms with Crippen LogP contribution in [0.25, 0.3) is 11.0 Å². The number of H-pyrrole nitrogens is 2. The number of imidazole rings is 1. The van der Waals surface area contributed by atoms with Crippen LogP contribution in [-0.2, 0) is 9.53 Å². The summed E-state index contributed by atoms with van der Waals surface area (Å²) in [5.74, 6) is -1.27. The third-order valence-electron chi connectivity index (χ3n) is 3.11. The fourth-order valence-electron chi connectivity index (χ4n) is 2.05. The lowest BCUT2D eigenvalue weighted by atomic mass is 10.2. The first-order chi connectivity index (χ1) is 11.5. The average molecular weight is 347 g/mol. The van der Waals surface area contributed by atoms with Gasteiger partial charge in [-0.15, -0.1) is 0 Å². The molecule has 3 aromatic rings. The zero-order valence-electron chi connectivity index (χ0n) is 12.1. The van der Waals surface area contributed by atoms with E-state index in [1.54, 1.807) is 18.2 Å². The van der Waals surface area contributed by atoms with Crippen molar-refractivity contribution in [3.63, 3.8) is 0 Å². The normalized spacial score (nSPS) is 10.5. The van der Waals surface area contributed by atoms with E-state index in [9.17, 15) is 14.4 Å². The van der Waals surface area contributed by atoms with Gasteiger partial charge in [0.15, 0.2) is 6.61 Å². The SMILES string of the molecule is O=C(COC(=O)c1cccnc1Cl)Nc1ccc2[nH]c(=O)[nH]c2c1. The number of benzene rings is 1. The quantitative estimate of drug-likeness (QED) is 0.491. The Bertz CT molecular complexity index is 979. The second-order valence-corrected chi connectivity index (χ2v) is 5.16. The standard InChI is InChI=1S/C15H11ClN4O4/c16-13-9(2-1-5-17-13)14(22)24-7-12(21)18-8-3-4-10-11(6-8)20-15(23)19-10/h1-6H,7H2,(H,18,21)(H2,19,20,23). The number of halogens is 1. The number of pyridine rings is 1. The highest BCUT2D eigenvalue weighted by Crippen LogP contribution is 2.15. The molecular formula is C15H11ClN4O4. The molecule has 1 aromatic carbocycles. The van der Waals surface area contributed by atoms with E-state index in [-0.39, 0.29) is 16.4 Å². The van der Waals surface area contributed by atoms with Crippen LogP contribution < -0.4 is 11.0 Å². The number of aromatic nitrogens is 3. The number of nitrogens with one attached hydrogen (secondary N) is 3. The molecule has 3 rings (SSSR count). The van der Waals surface area contributed by atoms with Gasteiger partial charge >= 0.3 is 11.7 Å². The third-order valence-corrected chi connectivity index (χ3v) is 3.41. The summed E-state index contributed by atoms with van der Waals surface area (Å²) in [6.07, 6.45) is 1.44. The molecular weight excluding hydrogens is 336 g/mol. The Hall–Kier alpha value is -3.13. The molecule has 0 bridgehead atoms. The molecule has 0 aliphatic rings. The van der Waals surface area contributed by atoms with Crippen molar-refractivity contribution < 1.29 is 14.3 Å². The molecule has 122 valence electrons. The molecule has 0 fully saturated rings. The summed E-state index contributed by atoms with van der Waals surface area (Å²) >= 11 is 5.78. The molecule has 0 atom stereocenters. The monoisotopic (exact) mass is 346 g/mol. The first-order valence-electron chi connectivity index (χ1n) is 6.82. The molecule has 0 aliphatic carbocycles. The topological polar surface area (TPSA) is 117 Å². The summed E-state index contributed by atoms with van der Waals surface area (Å²) in [6.45, 7) is -0.480. The van der Waals surface area contributed by atoms with Crippen molar-refractivity contribution in [1.29, 1.82) is 0 Å². The number of amides is 1. The van der Waals surface area contributed by atoms with Crippen LogP contribution in [0.1, 0.15) is 10.4 Å². The van der Waals surface area contributed by atoms with Crippen LogP contribution in [-0.4, -0.2) is 33.4 Å². The number of carbonyl (C=O) groups excluding carboxylic acids is 2. The number of aromatic amines is 2. The fourth-order valence-corrected chi connectivity index (χ4v) is 2.25. The summed E-state index contributed by atoms with van der Waals surface area (Å²) in [5, 5.41) is 2.57. The van der Waals surface area contributed by atoms with E-state index in [0.717, 1.165) is 0 Å². The molecule has 0 spiro atoms. The zero-order chi connectivity index (χ0) is 17.1. The molecule has 2 aromatic heterocycles. The molecule has 3 N–H and O–H groups in total. The highest BCUT2D eigenvalue weighted by molar-refractivity contribution is 6.32. The lowest BCUT2D eigenvalue weighted by Gasteiger charge is -2.07. The molecule has 24 heavy (non-hydrogen) atoms. The minimum Gasteiger partial charge on any atom is -0.452 e. The summed E-state index contributed by atoms with van der Waals surface area (Å²) < 4.78 is 4.90. The van der Waals surface area contributed by atoms with Gasteiger partial charge in [-0.2, -0.15) is 0 Å². The van der Waals surface area contributed by atoms with Crippen molar-refractivity contribution in [2.24, 2.45) is 0 Å². The fraction of sp³-hybridized carbons (Fsp3) is 0.0667. The Kier molecular flexibility index (Phi) is 4.30. The van der Waals surface area contributed by atoms with E-state index in [0.29, 0.717) is 16.7 Å². The number of fused-ring (bicyclic) bond motifs is 1. The highest BCUT2D eigenvalue weighted by Gasteiger charge is 2.14. The molecule has 9 heteroatoms. The molecule has 8 nitrogen and oxygen atoms in total. The van der Waals surface area contributed by atoms with Gasteiger partial charge in [-0.1, -0.05) is 11.6 Å². The van der Waals surface area contributed by atoms with Crippen molar-refractivity contribution in [2.45, 2.75) is 0 Å². The predicted octanol–water partition coefficient (Wildman–Crippen LogP) is 1.70. The van der Waals surface area contributed by atoms with Crippen LogP contribution >= 0.6 is 11.6 Å². The van der Waals surface area contributed by atoms with Crippen LogP contribution in [0, 0.1) is 0 Å². The van der Waals surface area contributed by atoms with Gasteiger partial charge in [0.25, 0.3) is 5.91 Å². The minimum absolute atomic E-state index is 0.00442. The smallest absolute Gasteiger partial charge is 0.341 e. The maximum Gasteiger partial charge on any atom is 0.341 e. The molecule has 0 saturated heterocycles. The lowest BCUT2D eigenvalue weighted by molar-refractivity contribution is -0.119. The predicted molar refractivity (Wildman–Crippen MR) is 87.1 cm³/mol. The minimum atomic E-state index is -0.742. The van der Waals surface area contributed by atoms with Gasteiger partial charge in [0.1, 0.15) is 5.15 Å². The first kappa shape index (κ1) is 15.8. The molecule has 2 heterocycles. The van der Waals surface area contributed by atoms with E-state index in [2.05, 4.69) is 20.3 Å². The average Bonchev–Trinajstić information content (AvgIpc) is 2.92. The summed E-state index contributed by atoms with van der Waals surface area (Å²) in [5.41, 5.74) is 1.37. The van der Waals surface area contributed by atoms with Crippen LogP contribution in [0.4, 0.5) is 5.69 Å². The number of anilines is 1. The van der Waals surface area contributed by atoms with Crippen LogP contribution in [0.5, 0.6) is 0 Å². The Morgan fingerprint density at radius 1 is 1.21 bits per heavy atom. The van der Waals surface area contributed by atoms with Crippen molar-refractivity contribution in [2.75, 3.05) is 11.9 Å². The van der Waals surface area contributed by atoms with Crippen molar-refractivity contribution in [1.82, 2.24) is 15.0 Å². The Labute approximate surface area is 139 Å². The number of nitrogens with zero attached hydrogens (tertiary/aromatic N) is 1. The zero-order valence-corrected chi connectivity index (χ0v) is 12.9. The maximum absolute atomic E-state index is 11.9. The first-order valence-corrected chi connectivity index (χ1v) is 7.20. The van der Waals surface area contributed by atoms with Gasteiger partial charge in [-0.3, -0.25) is 4.79 Å². The molecule has 0 saturated carbocycles. The number of ether oxygens (including phenoxy) is 1. The molecule has 1 amide bonds. The van der Waals surface area contributed by atoms with Crippen molar-refractivity contribution >= 4 is 40.2 Å². The van der Waals surface area contributed by atoms with E-state index < -0.39 is 18.5 Å². The van der Waals surface area contributed by atoms with E-state index >= 15 is 0 Å². The summed E-state index contributed by atoms with van der Waals surface area (Å²) in [4.78, 5) is 43.8. The molecule has 0 aliphatic heterocycles. The molecule has 0 radical (unpaired) electrons. The Morgan fingerprint density at radius 3 is 2.79 bits per heavy atom. The number of hydrogen-bond acceptors (Lipinski definition) is 5. The molecule has 0 unspecified atom stereocenters. The second-order valence-electron chi connectivity index (χ2n) is 4.81. The summed E-state index contributed by atoms with van der Waals surface area (Å²) in [7, 11) is 0. The number of hydrogen-bond donors (Lipinski definition) is 3. The lowest BCUT2D eigenvalue weighted by Crippen LogP contribution is -2.21. The largest absolute Gasteiger partial charge is 0.452 e. The van der Waals surface area contributed by atoms with Crippen molar-refractivity contribution in [3.8, 4) is 0 Å². The summed E-state index contributed by atoms with van der Waals surface area (Å²) in [6, 6.07) is 7.83. The third kappa shape index (κ3) is 3.44. The van der Waals surface area contributed by atoms with E-state index in [1.165, 1.54) is 18.3 Å². The van der Waals surface area contributed by atoms with Gasteiger partial charge in [0.2, 0.25) is 0 Å². The van der Waals surface area contributed by atoms with Gasteiger partial charge in [-0.05, 0) is 30.3 Å². The number of esters is 1.